The molecule has 1 fully saturated rings. The number of hydrogen-bond acceptors (Lipinski definition) is 4. The van der Waals surface area contributed by atoms with Crippen molar-refractivity contribution in [1.29, 1.82) is 0 Å². The van der Waals surface area contributed by atoms with Crippen molar-refractivity contribution in [3.05, 3.63) is 102 Å². The fraction of sp³-hybridized carbons (Fsp3) is 0.250. The van der Waals surface area contributed by atoms with Crippen LogP contribution >= 0.6 is 11.8 Å². The third kappa shape index (κ3) is 4.77. The molecule has 0 unspecified atom stereocenters. The smallest absolute Gasteiger partial charge is 0.254 e. The average Bonchev–Trinajstić information content (AvgIpc) is 3.28. The van der Waals surface area contributed by atoms with E-state index >= 15 is 0 Å². The Hall–Kier alpha value is -3.38. The van der Waals surface area contributed by atoms with E-state index in [1.165, 1.54) is 5.56 Å². The van der Waals surface area contributed by atoms with Crippen molar-refractivity contribution in [3.63, 3.8) is 0 Å². The fourth-order valence-electron chi connectivity index (χ4n) is 4.61. The molecule has 0 bridgehead atoms. The second kappa shape index (κ2) is 10.3. The van der Waals surface area contributed by atoms with E-state index in [0.29, 0.717) is 6.54 Å². The zero-order valence-electron chi connectivity index (χ0n) is 19.3. The minimum absolute atomic E-state index is 0.0880. The zero-order valence-corrected chi connectivity index (χ0v) is 20.1. The molecular formula is C28H28N4OS. The number of likely N-dealkylation sites (tertiary alicyclic amines) is 1. The molecule has 4 aromatic rings. The fourth-order valence-corrected chi connectivity index (χ4v) is 5.49. The van der Waals surface area contributed by atoms with Crippen LogP contribution in [0.25, 0.3) is 11.1 Å². The summed E-state index contributed by atoms with van der Waals surface area (Å²) in [6.45, 7) is 1.43. The van der Waals surface area contributed by atoms with Gasteiger partial charge in [0.05, 0.1) is 0 Å². The van der Waals surface area contributed by atoms with Gasteiger partial charge in [0.25, 0.3) is 5.91 Å². The van der Waals surface area contributed by atoms with Crippen molar-refractivity contribution in [2.75, 3.05) is 13.1 Å². The molecule has 1 saturated heterocycles. The molecule has 0 aliphatic carbocycles. The maximum Gasteiger partial charge on any atom is 0.254 e. The van der Waals surface area contributed by atoms with Crippen LogP contribution < -0.4 is 0 Å². The van der Waals surface area contributed by atoms with Crippen molar-refractivity contribution >= 4 is 17.7 Å². The molecule has 5 nitrogen and oxygen atoms in total. The molecule has 0 N–H and O–H groups in total. The lowest BCUT2D eigenvalue weighted by Crippen LogP contribution is -2.40. The molecule has 3 aromatic carbocycles. The number of rotatable bonds is 6. The van der Waals surface area contributed by atoms with Crippen molar-refractivity contribution < 1.29 is 4.79 Å². The molecule has 2 heterocycles. The van der Waals surface area contributed by atoms with Gasteiger partial charge in [-0.1, -0.05) is 90.6 Å². The minimum atomic E-state index is 0.0880. The van der Waals surface area contributed by atoms with Crippen LogP contribution in [0.2, 0.25) is 0 Å². The average molecular weight is 469 g/mol. The van der Waals surface area contributed by atoms with E-state index in [0.717, 1.165) is 52.8 Å². The summed E-state index contributed by atoms with van der Waals surface area (Å²) in [6.07, 6.45) is 1.97. The normalized spacial score (nSPS) is 15.9. The van der Waals surface area contributed by atoms with E-state index in [1.807, 2.05) is 60.5 Å². The number of hydrogen-bond donors (Lipinski definition) is 0. The molecule has 0 radical (unpaired) electrons. The molecule has 34 heavy (non-hydrogen) atoms. The van der Waals surface area contributed by atoms with Gasteiger partial charge < -0.3 is 9.47 Å². The summed E-state index contributed by atoms with van der Waals surface area (Å²) in [6, 6.07) is 28.4. The van der Waals surface area contributed by atoms with Crippen LogP contribution in [-0.2, 0) is 12.8 Å². The van der Waals surface area contributed by atoms with Crippen molar-refractivity contribution in [1.82, 2.24) is 19.7 Å². The molecule has 0 saturated carbocycles. The number of thioether (sulfide) groups is 1. The van der Waals surface area contributed by atoms with Crippen molar-refractivity contribution in [3.8, 4) is 11.1 Å². The summed E-state index contributed by atoms with van der Waals surface area (Å²) >= 11 is 1.70. The largest absolute Gasteiger partial charge is 0.338 e. The van der Waals surface area contributed by atoms with Crippen LogP contribution in [0.5, 0.6) is 0 Å². The standard InChI is InChI=1S/C28H28N4OS/c1-31-26(29-30-28(31)34-20-21-11-4-2-5-12-21)23-15-10-18-32(19-23)27(33)25-17-9-8-16-24(25)22-13-6-3-7-14-22/h2-9,11-14,16-17,23H,10,15,18-20H2,1H3/t23-/m0/s1. The minimum Gasteiger partial charge on any atom is -0.338 e. The number of carbonyl (C=O) groups excluding carboxylic acids is 1. The first-order valence-electron chi connectivity index (χ1n) is 11.7. The number of nitrogens with zero attached hydrogens (tertiary/aromatic N) is 4. The topological polar surface area (TPSA) is 51.0 Å². The maximum absolute atomic E-state index is 13.6. The van der Waals surface area contributed by atoms with Gasteiger partial charge in [0, 0.05) is 37.4 Å². The van der Waals surface area contributed by atoms with Crippen molar-refractivity contribution in [2.45, 2.75) is 29.7 Å². The summed E-state index contributed by atoms with van der Waals surface area (Å²) in [5, 5.41) is 9.91. The van der Waals surface area contributed by atoms with Crippen LogP contribution in [0.1, 0.15) is 40.5 Å². The van der Waals surface area contributed by atoms with Crippen molar-refractivity contribution in [2.24, 2.45) is 7.05 Å². The zero-order chi connectivity index (χ0) is 23.3. The summed E-state index contributed by atoms with van der Waals surface area (Å²) in [7, 11) is 2.04. The second-order valence-corrected chi connectivity index (χ2v) is 9.62. The highest BCUT2D eigenvalue weighted by atomic mass is 32.2. The molecule has 1 atom stereocenters. The van der Waals surface area contributed by atoms with Gasteiger partial charge in [-0.05, 0) is 35.6 Å². The number of aromatic nitrogens is 3. The predicted molar refractivity (Wildman–Crippen MR) is 137 cm³/mol. The Morgan fingerprint density at radius 2 is 1.65 bits per heavy atom. The Morgan fingerprint density at radius 3 is 2.44 bits per heavy atom. The molecule has 1 aliphatic heterocycles. The lowest BCUT2D eigenvalue weighted by Gasteiger charge is -2.32. The van der Waals surface area contributed by atoms with E-state index in [9.17, 15) is 4.79 Å². The van der Waals surface area contributed by atoms with Gasteiger partial charge >= 0.3 is 0 Å². The Labute approximate surface area is 204 Å². The summed E-state index contributed by atoms with van der Waals surface area (Å²) in [5.41, 5.74) is 4.07. The van der Waals surface area contributed by atoms with Crippen LogP contribution in [0.3, 0.4) is 0 Å². The van der Waals surface area contributed by atoms with Crippen LogP contribution in [0, 0.1) is 0 Å². The first-order chi connectivity index (χ1) is 16.7. The first kappa shape index (κ1) is 22.4. The lowest BCUT2D eigenvalue weighted by molar-refractivity contribution is 0.0704. The maximum atomic E-state index is 13.6. The Bertz CT molecular complexity index is 1260. The number of amides is 1. The van der Waals surface area contributed by atoms with E-state index in [4.69, 9.17) is 0 Å². The lowest BCUT2D eigenvalue weighted by atomic mass is 9.94. The van der Waals surface area contributed by atoms with Gasteiger partial charge in [-0.15, -0.1) is 10.2 Å². The van der Waals surface area contributed by atoms with Crippen LogP contribution in [0.4, 0.5) is 0 Å². The monoisotopic (exact) mass is 468 g/mol. The van der Waals surface area contributed by atoms with E-state index < -0.39 is 0 Å². The van der Waals surface area contributed by atoms with E-state index in [2.05, 4.69) is 51.2 Å². The molecular weight excluding hydrogens is 440 g/mol. The SMILES string of the molecule is Cn1c(SCc2ccccc2)nnc1[C@H]1CCCN(C(=O)c2ccccc2-c2ccccc2)C1. The van der Waals surface area contributed by atoms with Gasteiger partial charge in [0.2, 0.25) is 0 Å². The Kier molecular flexibility index (Phi) is 6.77. The molecule has 5 rings (SSSR count). The molecule has 0 spiro atoms. The Morgan fingerprint density at radius 1 is 0.941 bits per heavy atom. The predicted octanol–water partition coefficient (Wildman–Crippen LogP) is 5.79. The summed E-state index contributed by atoms with van der Waals surface area (Å²) in [4.78, 5) is 15.6. The van der Waals surface area contributed by atoms with Crippen LogP contribution in [-0.4, -0.2) is 38.7 Å². The molecule has 172 valence electrons. The van der Waals surface area contributed by atoms with E-state index in [1.54, 1.807) is 11.8 Å². The van der Waals surface area contributed by atoms with Crippen LogP contribution in [0.15, 0.2) is 90.1 Å². The summed E-state index contributed by atoms with van der Waals surface area (Å²) < 4.78 is 2.10. The molecule has 1 aliphatic rings. The second-order valence-electron chi connectivity index (χ2n) is 8.68. The highest BCUT2D eigenvalue weighted by Crippen LogP contribution is 2.31. The molecule has 1 amide bonds. The van der Waals surface area contributed by atoms with Gasteiger partial charge in [-0.25, -0.2) is 0 Å². The quantitative estimate of drug-likeness (QED) is 0.336. The number of carbonyl (C=O) groups is 1. The third-order valence-corrected chi connectivity index (χ3v) is 7.49. The van der Waals surface area contributed by atoms with Gasteiger partial charge in [-0.2, -0.15) is 0 Å². The summed E-state index contributed by atoms with van der Waals surface area (Å²) in [5.74, 6) is 2.10. The number of piperidine rings is 1. The van der Waals surface area contributed by atoms with Gasteiger partial charge in [0.1, 0.15) is 5.82 Å². The third-order valence-electron chi connectivity index (χ3n) is 6.40. The highest BCUT2D eigenvalue weighted by Gasteiger charge is 2.30. The molecule has 6 heteroatoms. The van der Waals surface area contributed by atoms with E-state index in [-0.39, 0.29) is 11.8 Å². The Balaban J connectivity index is 1.32. The van der Waals surface area contributed by atoms with Gasteiger partial charge in [-0.3, -0.25) is 4.79 Å². The highest BCUT2D eigenvalue weighted by molar-refractivity contribution is 7.98. The first-order valence-corrected chi connectivity index (χ1v) is 12.7. The number of benzene rings is 3. The molecule has 1 aromatic heterocycles. The van der Waals surface area contributed by atoms with Gasteiger partial charge in [0.15, 0.2) is 5.16 Å².